The number of likely N-dealkylation sites (tertiary alicyclic amines) is 1. The lowest BCUT2D eigenvalue weighted by Crippen LogP contribution is -2.41. The molecule has 0 aliphatic carbocycles. The van der Waals surface area contributed by atoms with Gasteiger partial charge in [0.05, 0.1) is 19.4 Å². The predicted molar refractivity (Wildman–Crippen MR) is 108 cm³/mol. The molecule has 0 unspecified atom stereocenters. The van der Waals surface area contributed by atoms with Crippen molar-refractivity contribution in [1.29, 1.82) is 0 Å². The van der Waals surface area contributed by atoms with E-state index in [2.05, 4.69) is 5.32 Å². The number of rotatable bonds is 6. The molecule has 6 nitrogen and oxygen atoms in total. The predicted octanol–water partition coefficient (Wildman–Crippen LogP) is 3.58. The van der Waals surface area contributed by atoms with Crippen molar-refractivity contribution in [2.75, 3.05) is 32.1 Å². The molecule has 1 N–H and O–H groups in total. The van der Waals surface area contributed by atoms with Crippen LogP contribution in [0.2, 0.25) is 0 Å². The minimum Gasteiger partial charge on any atom is -0.497 e. The number of piperidine rings is 1. The highest BCUT2D eigenvalue weighted by Crippen LogP contribution is 2.26. The summed E-state index contributed by atoms with van der Waals surface area (Å²) in [6.07, 6.45) is 1.29. The number of nitrogens with zero attached hydrogens (tertiary/aromatic N) is 1. The van der Waals surface area contributed by atoms with E-state index >= 15 is 0 Å². The second-order valence-corrected chi connectivity index (χ2v) is 6.71. The second kappa shape index (κ2) is 9.26. The third-order valence-corrected chi connectivity index (χ3v) is 4.93. The van der Waals surface area contributed by atoms with Crippen LogP contribution in [0.1, 0.15) is 30.1 Å². The first kappa shape index (κ1) is 19.7. The van der Waals surface area contributed by atoms with Gasteiger partial charge in [-0.3, -0.25) is 9.59 Å². The van der Waals surface area contributed by atoms with Crippen molar-refractivity contribution in [1.82, 2.24) is 4.90 Å². The van der Waals surface area contributed by atoms with Crippen molar-refractivity contribution < 1.29 is 19.1 Å². The summed E-state index contributed by atoms with van der Waals surface area (Å²) < 4.78 is 10.7. The van der Waals surface area contributed by atoms with E-state index in [-0.39, 0.29) is 17.7 Å². The fourth-order valence-corrected chi connectivity index (χ4v) is 3.35. The summed E-state index contributed by atoms with van der Waals surface area (Å²) in [6, 6.07) is 14.5. The molecule has 28 heavy (non-hydrogen) atoms. The van der Waals surface area contributed by atoms with E-state index in [1.807, 2.05) is 31.2 Å². The van der Waals surface area contributed by atoms with Crippen LogP contribution in [0, 0.1) is 5.92 Å². The largest absolute Gasteiger partial charge is 0.497 e. The van der Waals surface area contributed by atoms with E-state index in [1.165, 1.54) is 0 Å². The highest BCUT2D eigenvalue weighted by molar-refractivity contribution is 5.96. The second-order valence-electron chi connectivity index (χ2n) is 6.71. The van der Waals surface area contributed by atoms with Gasteiger partial charge in [0.1, 0.15) is 11.5 Å². The molecule has 0 spiro atoms. The summed E-state index contributed by atoms with van der Waals surface area (Å²) in [5.74, 6) is 1.24. The lowest BCUT2D eigenvalue weighted by molar-refractivity contribution is -0.121. The third kappa shape index (κ3) is 4.63. The minimum atomic E-state index is -0.116. The zero-order valence-corrected chi connectivity index (χ0v) is 16.3. The number of ether oxygens (including phenoxy) is 2. The molecule has 2 aromatic rings. The van der Waals surface area contributed by atoms with Gasteiger partial charge in [-0.2, -0.15) is 0 Å². The summed E-state index contributed by atoms with van der Waals surface area (Å²) >= 11 is 0. The number of para-hydroxylation sites is 2. The fraction of sp³-hybridized carbons (Fsp3) is 0.364. The number of carbonyl (C=O) groups excluding carboxylic acids is 2. The molecule has 2 aromatic carbocycles. The van der Waals surface area contributed by atoms with Crippen LogP contribution in [-0.4, -0.2) is 43.5 Å². The number of amides is 2. The summed E-state index contributed by atoms with van der Waals surface area (Å²) in [4.78, 5) is 27.1. The molecular formula is C22H26N2O4. The van der Waals surface area contributed by atoms with E-state index in [0.717, 1.165) is 5.75 Å². The van der Waals surface area contributed by atoms with Crippen LogP contribution in [0.4, 0.5) is 5.69 Å². The Morgan fingerprint density at radius 2 is 1.75 bits per heavy atom. The van der Waals surface area contributed by atoms with E-state index in [9.17, 15) is 9.59 Å². The zero-order chi connectivity index (χ0) is 19.9. The molecule has 0 bridgehead atoms. The van der Waals surface area contributed by atoms with Crippen LogP contribution in [-0.2, 0) is 4.79 Å². The van der Waals surface area contributed by atoms with Gasteiger partial charge in [-0.1, -0.05) is 12.1 Å². The highest BCUT2D eigenvalue weighted by atomic mass is 16.5. The first-order valence-electron chi connectivity index (χ1n) is 9.58. The Morgan fingerprint density at radius 1 is 1.07 bits per heavy atom. The van der Waals surface area contributed by atoms with Gasteiger partial charge in [0.15, 0.2) is 0 Å². The smallest absolute Gasteiger partial charge is 0.253 e. The Kier molecular flexibility index (Phi) is 6.53. The Balaban J connectivity index is 1.56. The van der Waals surface area contributed by atoms with Crippen LogP contribution in [0.5, 0.6) is 11.5 Å². The maximum atomic E-state index is 12.7. The lowest BCUT2D eigenvalue weighted by atomic mass is 9.95. The monoisotopic (exact) mass is 382 g/mol. The number of benzene rings is 2. The molecule has 0 atom stereocenters. The number of anilines is 1. The van der Waals surface area contributed by atoms with E-state index < -0.39 is 0 Å². The van der Waals surface area contributed by atoms with Crippen molar-refractivity contribution in [2.24, 2.45) is 5.92 Å². The molecule has 1 heterocycles. The van der Waals surface area contributed by atoms with Gasteiger partial charge in [0.25, 0.3) is 5.91 Å². The van der Waals surface area contributed by atoms with E-state index in [0.29, 0.717) is 49.5 Å². The van der Waals surface area contributed by atoms with Gasteiger partial charge in [-0.05, 0) is 56.2 Å². The Hall–Kier alpha value is -3.02. The van der Waals surface area contributed by atoms with Crippen molar-refractivity contribution in [3.05, 3.63) is 54.1 Å². The molecule has 6 heteroatoms. The fourth-order valence-electron chi connectivity index (χ4n) is 3.35. The molecule has 1 aliphatic rings. The van der Waals surface area contributed by atoms with Gasteiger partial charge in [0, 0.05) is 24.6 Å². The number of hydrogen-bond donors (Lipinski definition) is 1. The van der Waals surface area contributed by atoms with Crippen LogP contribution in [0.15, 0.2) is 48.5 Å². The summed E-state index contributed by atoms with van der Waals surface area (Å²) in [7, 11) is 1.60. The summed E-state index contributed by atoms with van der Waals surface area (Å²) in [5.41, 5.74) is 1.32. The van der Waals surface area contributed by atoms with Crippen molar-refractivity contribution in [3.63, 3.8) is 0 Å². The number of carbonyl (C=O) groups is 2. The van der Waals surface area contributed by atoms with Gasteiger partial charge >= 0.3 is 0 Å². The van der Waals surface area contributed by atoms with Crippen LogP contribution >= 0.6 is 0 Å². The molecular weight excluding hydrogens is 356 g/mol. The molecule has 1 saturated heterocycles. The number of nitrogens with one attached hydrogen (secondary N) is 1. The molecule has 1 fully saturated rings. The molecule has 148 valence electrons. The van der Waals surface area contributed by atoms with Crippen molar-refractivity contribution in [3.8, 4) is 11.5 Å². The number of methoxy groups -OCH3 is 1. The maximum absolute atomic E-state index is 12.7. The molecule has 3 rings (SSSR count). The lowest BCUT2D eigenvalue weighted by Gasteiger charge is -2.31. The summed E-state index contributed by atoms with van der Waals surface area (Å²) in [5, 5.41) is 2.97. The van der Waals surface area contributed by atoms with E-state index in [4.69, 9.17) is 9.47 Å². The average molecular weight is 382 g/mol. The van der Waals surface area contributed by atoms with Crippen LogP contribution < -0.4 is 14.8 Å². The Morgan fingerprint density at radius 3 is 2.39 bits per heavy atom. The third-order valence-electron chi connectivity index (χ3n) is 4.93. The minimum absolute atomic E-state index is 0.0109. The Bertz CT molecular complexity index is 812. The Labute approximate surface area is 165 Å². The zero-order valence-electron chi connectivity index (χ0n) is 16.3. The standard InChI is InChI=1S/C22H26N2O4/c1-3-28-20-7-5-4-6-19(20)23-21(25)16-12-14-24(15-13-16)22(26)17-8-10-18(27-2)11-9-17/h4-11,16H,3,12-15H2,1-2H3,(H,23,25). The summed E-state index contributed by atoms with van der Waals surface area (Å²) in [6.45, 7) is 3.58. The van der Waals surface area contributed by atoms with Gasteiger partial charge in [0.2, 0.25) is 5.91 Å². The van der Waals surface area contributed by atoms with Crippen LogP contribution in [0.25, 0.3) is 0 Å². The molecule has 0 aromatic heterocycles. The SMILES string of the molecule is CCOc1ccccc1NC(=O)C1CCN(C(=O)c2ccc(OC)cc2)CC1. The van der Waals surface area contributed by atoms with Gasteiger partial charge in [-0.15, -0.1) is 0 Å². The van der Waals surface area contributed by atoms with Gasteiger partial charge < -0.3 is 19.7 Å². The van der Waals surface area contributed by atoms with Gasteiger partial charge in [-0.25, -0.2) is 0 Å². The molecule has 0 saturated carbocycles. The van der Waals surface area contributed by atoms with Crippen molar-refractivity contribution >= 4 is 17.5 Å². The highest BCUT2D eigenvalue weighted by Gasteiger charge is 2.28. The molecule has 2 amide bonds. The normalized spacial score (nSPS) is 14.4. The van der Waals surface area contributed by atoms with Crippen LogP contribution in [0.3, 0.4) is 0 Å². The average Bonchev–Trinajstić information content (AvgIpc) is 2.75. The number of hydrogen-bond acceptors (Lipinski definition) is 4. The maximum Gasteiger partial charge on any atom is 0.253 e. The topological polar surface area (TPSA) is 67.9 Å². The molecule has 1 aliphatic heterocycles. The quantitative estimate of drug-likeness (QED) is 0.829. The first-order chi connectivity index (χ1) is 13.6. The molecule has 0 radical (unpaired) electrons. The van der Waals surface area contributed by atoms with E-state index in [1.54, 1.807) is 36.3 Å². The first-order valence-corrected chi connectivity index (χ1v) is 9.58. The van der Waals surface area contributed by atoms with Crippen molar-refractivity contribution in [2.45, 2.75) is 19.8 Å².